The molecule has 3 fully saturated rings. The van der Waals surface area contributed by atoms with Crippen molar-refractivity contribution in [1.82, 2.24) is 16.0 Å². The Balaban J connectivity index is 1.62. The summed E-state index contributed by atoms with van der Waals surface area (Å²) in [4.78, 5) is 38.6. The van der Waals surface area contributed by atoms with E-state index in [0.717, 1.165) is 57.8 Å². The van der Waals surface area contributed by atoms with Gasteiger partial charge in [-0.25, -0.2) is 4.79 Å². The molecule has 0 radical (unpaired) electrons. The third-order valence-corrected chi connectivity index (χ3v) is 9.21. The van der Waals surface area contributed by atoms with Crippen molar-refractivity contribution in [1.29, 1.82) is 0 Å². The lowest BCUT2D eigenvalue weighted by molar-refractivity contribution is -0.304. The minimum atomic E-state index is -0.973. The van der Waals surface area contributed by atoms with Crippen LogP contribution in [0.5, 0.6) is 0 Å². The molecule has 9 heteroatoms. The molecule has 1 heterocycles. The number of aliphatic carboxylic acids is 1. The fourth-order valence-corrected chi connectivity index (χ4v) is 6.63. The van der Waals surface area contributed by atoms with E-state index in [1.165, 1.54) is 32.1 Å². The van der Waals surface area contributed by atoms with Crippen LogP contribution in [0.25, 0.3) is 0 Å². The second kappa shape index (κ2) is 14.3. The zero-order valence-corrected chi connectivity index (χ0v) is 25.6. The number of carboxylic acid groups (broad SMARTS) is 1. The molecule has 4 unspecified atom stereocenters. The normalized spacial score (nSPS) is 27.6. The molecule has 2 saturated carbocycles. The minimum absolute atomic E-state index is 0.119. The predicted octanol–water partition coefficient (Wildman–Crippen LogP) is 5.65. The minimum Gasteiger partial charge on any atom is -0.481 e. The average Bonchev–Trinajstić information content (AvgIpc) is 2.85. The molecule has 2 aliphatic carbocycles. The topological polar surface area (TPSA) is 126 Å². The third kappa shape index (κ3) is 9.33. The fourth-order valence-electron chi connectivity index (χ4n) is 6.63. The Morgan fingerprint density at radius 1 is 0.950 bits per heavy atom. The lowest BCUT2D eigenvalue weighted by atomic mass is 9.73. The van der Waals surface area contributed by atoms with Crippen molar-refractivity contribution >= 4 is 17.9 Å². The van der Waals surface area contributed by atoms with Gasteiger partial charge in [0.15, 0.2) is 5.79 Å². The maximum absolute atomic E-state index is 13.5. The highest BCUT2D eigenvalue weighted by atomic mass is 16.7. The van der Waals surface area contributed by atoms with Gasteiger partial charge < -0.3 is 30.5 Å². The summed E-state index contributed by atoms with van der Waals surface area (Å²) in [7, 11) is 0. The maximum Gasteiger partial charge on any atom is 0.315 e. The Morgan fingerprint density at radius 3 is 2.27 bits per heavy atom. The molecular weight excluding hydrogens is 510 g/mol. The lowest BCUT2D eigenvalue weighted by Crippen LogP contribution is -2.61. The summed E-state index contributed by atoms with van der Waals surface area (Å²) >= 11 is 0. The number of amides is 3. The van der Waals surface area contributed by atoms with Crippen molar-refractivity contribution in [2.24, 2.45) is 11.3 Å². The molecule has 1 aliphatic heterocycles. The average molecular weight is 566 g/mol. The van der Waals surface area contributed by atoms with Crippen molar-refractivity contribution in [2.75, 3.05) is 6.61 Å². The molecule has 3 aliphatic rings. The quantitative estimate of drug-likeness (QED) is 0.202. The van der Waals surface area contributed by atoms with Gasteiger partial charge in [0.05, 0.1) is 13.0 Å². The number of ether oxygens (including phenoxy) is 2. The summed E-state index contributed by atoms with van der Waals surface area (Å²) < 4.78 is 11.8. The van der Waals surface area contributed by atoms with Crippen LogP contribution in [0.15, 0.2) is 0 Å². The SMILES string of the molecule is CCCCCCCCC1(NC(=O)NC2CCCCC2C(CC(=O)O)NC(=O)C2OC(C)(C)OCC2(C)C)CCC1. The maximum atomic E-state index is 13.5. The van der Waals surface area contributed by atoms with Crippen LogP contribution in [0.4, 0.5) is 4.79 Å². The van der Waals surface area contributed by atoms with Gasteiger partial charge in [0.25, 0.3) is 0 Å². The number of urea groups is 1. The molecular formula is C31H55N3O6. The van der Waals surface area contributed by atoms with Gasteiger partial charge in [-0.2, -0.15) is 0 Å². The van der Waals surface area contributed by atoms with E-state index in [2.05, 4.69) is 22.9 Å². The van der Waals surface area contributed by atoms with Gasteiger partial charge in [0, 0.05) is 29.0 Å². The van der Waals surface area contributed by atoms with E-state index in [-0.39, 0.29) is 35.9 Å². The van der Waals surface area contributed by atoms with Gasteiger partial charge in [-0.1, -0.05) is 72.1 Å². The molecule has 0 bridgehead atoms. The summed E-state index contributed by atoms with van der Waals surface area (Å²) in [6.45, 7) is 9.96. The standard InChI is InChI=1S/C31H55N3O6/c1-6-7-8-9-10-13-17-31(18-14-19-31)34-28(38)33-23-16-12-11-15-22(23)24(20-25(35)36)32-27(37)26-29(2,3)21-39-30(4,5)40-26/h22-24,26H,6-21H2,1-5H3,(H,32,37)(H,35,36)(H2,33,34,38). The summed E-state index contributed by atoms with van der Waals surface area (Å²) in [5.74, 6) is -2.38. The van der Waals surface area contributed by atoms with Crippen LogP contribution in [0.2, 0.25) is 0 Å². The van der Waals surface area contributed by atoms with E-state index in [1.54, 1.807) is 13.8 Å². The van der Waals surface area contributed by atoms with Gasteiger partial charge in [-0.3, -0.25) is 9.59 Å². The highest BCUT2D eigenvalue weighted by Crippen LogP contribution is 2.38. The fraction of sp³-hybridized carbons (Fsp3) is 0.903. The van der Waals surface area contributed by atoms with E-state index in [0.29, 0.717) is 6.61 Å². The highest BCUT2D eigenvalue weighted by Gasteiger charge is 2.47. The molecule has 40 heavy (non-hydrogen) atoms. The van der Waals surface area contributed by atoms with Gasteiger partial charge >= 0.3 is 12.0 Å². The number of nitrogens with one attached hydrogen (secondary N) is 3. The molecule has 4 N–H and O–H groups in total. The second-order valence-corrected chi connectivity index (χ2v) is 13.7. The third-order valence-electron chi connectivity index (χ3n) is 9.21. The molecule has 0 spiro atoms. The van der Waals surface area contributed by atoms with Crippen molar-refractivity contribution in [3.05, 3.63) is 0 Å². The molecule has 0 aromatic carbocycles. The van der Waals surface area contributed by atoms with Crippen molar-refractivity contribution in [2.45, 2.75) is 160 Å². The zero-order valence-electron chi connectivity index (χ0n) is 25.6. The number of unbranched alkanes of at least 4 members (excludes halogenated alkanes) is 5. The second-order valence-electron chi connectivity index (χ2n) is 13.7. The van der Waals surface area contributed by atoms with Crippen LogP contribution in [0.3, 0.4) is 0 Å². The van der Waals surface area contributed by atoms with Gasteiger partial charge in [-0.05, 0) is 52.4 Å². The Hall–Kier alpha value is -1.87. The number of carbonyl (C=O) groups excluding carboxylic acids is 2. The Kier molecular flexibility index (Phi) is 11.7. The molecule has 230 valence electrons. The summed E-state index contributed by atoms with van der Waals surface area (Å²) in [6, 6.07) is -0.981. The van der Waals surface area contributed by atoms with Crippen LogP contribution in [-0.2, 0) is 19.1 Å². The summed E-state index contributed by atoms with van der Waals surface area (Å²) in [5, 5.41) is 19.3. The molecule has 3 amide bonds. The first-order valence-electron chi connectivity index (χ1n) is 15.8. The number of carbonyl (C=O) groups is 3. The molecule has 1 saturated heterocycles. The summed E-state index contributed by atoms with van der Waals surface area (Å²) in [5.41, 5.74) is -0.683. The number of rotatable bonds is 14. The smallest absolute Gasteiger partial charge is 0.315 e. The van der Waals surface area contributed by atoms with Crippen LogP contribution in [-0.4, -0.2) is 59.1 Å². The van der Waals surface area contributed by atoms with E-state index < -0.39 is 29.3 Å². The molecule has 0 aromatic rings. The van der Waals surface area contributed by atoms with Crippen LogP contribution >= 0.6 is 0 Å². The Labute approximate surface area is 241 Å². The molecule has 0 aromatic heterocycles. The number of hydrogen-bond donors (Lipinski definition) is 4. The van der Waals surface area contributed by atoms with Gasteiger partial charge in [0.1, 0.15) is 6.10 Å². The largest absolute Gasteiger partial charge is 0.481 e. The van der Waals surface area contributed by atoms with Gasteiger partial charge in [-0.15, -0.1) is 0 Å². The van der Waals surface area contributed by atoms with E-state index >= 15 is 0 Å². The lowest BCUT2D eigenvalue weighted by Gasteiger charge is -2.46. The first kappa shape index (κ1) is 32.6. The van der Waals surface area contributed by atoms with Crippen molar-refractivity contribution in [3.63, 3.8) is 0 Å². The predicted molar refractivity (Wildman–Crippen MR) is 155 cm³/mol. The molecule has 9 nitrogen and oxygen atoms in total. The monoisotopic (exact) mass is 565 g/mol. The van der Waals surface area contributed by atoms with Crippen molar-refractivity contribution < 1.29 is 29.0 Å². The molecule has 3 rings (SSSR count). The van der Waals surface area contributed by atoms with Gasteiger partial charge in [0.2, 0.25) is 5.91 Å². The Bertz CT molecular complexity index is 856. The highest BCUT2D eigenvalue weighted by molar-refractivity contribution is 5.83. The van der Waals surface area contributed by atoms with Crippen LogP contribution in [0.1, 0.15) is 131 Å². The van der Waals surface area contributed by atoms with E-state index in [1.807, 2.05) is 13.8 Å². The van der Waals surface area contributed by atoms with Crippen LogP contribution in [0, 0.1) is 11.3 Å². The van der Waals surface area contributed by atoms with E-state index in [9.17, 15) is 19.5 Å². The van der Waals surface area contributed by atoms with Crippen LogP contribution < -0.4 is 16.0 Å². The molecule has 4 atom stereocenters. The zero-order chi connectivity index (χ0) is 29.4. The van der Waals surface area contributed by atoms with Crippen molar-refractivity contribution in [3.8, 4) is 0 Å². The Morgan fingerprint density at radius 2 is 1.62 bits per heavy atom. The summed E-state index contributed by atoms with van der Waals surface area (Å²) in [6.07, 6.45) is 14.0. The first-order chi connectivity index (χ1) is 18.9. The number of carboxylic acids is 1. The number of hydrogen-bond acceptors (Lipinski definition) is 5. The van der Waals surface area contributed by atoms with E-state index in [4.69, 9.17) is 9.47 Å². The first-order valence-corrected chi connectivity index (χ1v) is 15.8.